The van der Waals surface area contributed by atoms with Gasteiger partial charge in [0.25, 0.3) is 0 Å². The number of rotatable bonds is 7. The molecule has 0 fully saturated rings. The summed E-state index contributed by atoms with van der Waals surface area (Å²) in [5.74, 6) is 0.613. The highest BCUT2D eigenvalue weighted by Gasteiger charge is 2.15. The average molecular weight is 325 g/mol. The molecule has 4 heteroatoms. The van der Waals surface area contributed by atoms with Crippen LogP contribution in [0, 0.1) is 0 Å². The summed E-state index contributed by atoms with van der Waals surface area (Å²) in [5, 5.41) is 12.8. The van der Waals surface area contributed by atoms with E-state index in [4.69, 9.17) is 0 Å². The number of nitrogens with one attached hydrogen (secondary N) is 2. The first-order valence-corrected chi connectivity index (χ1v) is 9.00. The van der Waals surface area contributed by atoms with Gasteiger partial charge < -0.3 is 0 Å². The van der Waals surface area contributed by atoms with Crippen LogP contribution in [0.3, 0.4) is 0 Å². The first-order valence-electron chi connectivity index (χ1n) is 8.12. The molecule has 0 spiro atoms. The molecule has 1 aromatic carbocycles. The van der Waals surface area contributed by atoms with E-state index in [1.165, 1.54) is 22.4 Å². The van der Waals surface area contributed by atoms with Gasteiger partial charge in [-0.05, 0) is 41.0 Å². The van der Waals surface area contributed by atoms with Crippen molar-refractivity contribution in [1.29, 1.82) is 0 Å². The number of aromatic nitrogens is 2. The molecular formula is C19H23N3S. The van der Waals surface area contributed by atoms with Gasteiger partial charge in [0, 0.05) is 23.3 Å². The van der Waals surface area contributed by atoms with Gasteiger partial charge in [0.1, 0.15) is 0 Å². The van der Waals surface area contributed by atoms with E-state index in [9.17, 15) is 0 Å². The fourth-order valence-corrected chi connectivity index (χ4v) is 3.51. The molecule has 2 atom stereocenters. The van der Waals surface area contributed by atoms with Crippen LogP contribution in [0.4, 0.5) is 0 Å². The smallest absolute Gasteiger partial charge is 0.0674 e. The van der Waals surface area contributed by atoms with Gasteiger partial charge >= 0.3 is 0 Å². The van der Waals surface area contributed by atoms with Crippen molar-refractivity contribution >= 4 is 11.3 Å². The zero-order valence-electron chi connectivity index (χ0n) is 13.6. The molecule has 3 aromatic rings. The van der Waals surface area contributed by atoms with Gasteiger partial charge in [-0.25, -0.2) is 0 Å². The average Bonchev–Trinajstić information content (AvgIpc) is 3.29. The van der Waals surface area contributed by atoms with Crippen LogP contribution in [0.2, 0.25) is 0 Å². The van der Waals surface area contributed by atoms with Gasteiger partial charge in [-0.2, -0.15) is 5.10 Å². The summed E-state index contributed by atoms with van der Waals surface area (Å²) < 4.78 is 0. The first-order chi connectivity index (χ1) is 11.3. The molecule has 2 aromatic heterocycles. The lowest BCUT2D eigenvalue weighted by Crippen LogP contribution is -2.21. The van der Waals surface area contributed by atoms with Gasteiger partial charge in [-0.1, -0.05) is 44.2 Å². The van der Waals surface area contributed by atoms with Gasteiger partial charge in [0.05, 0.1) is 6.04 Å². The van der Waals surface area contributed by atoms with E-state index in [-0.39, 0.29) is 6.04 Å². The highest BCUT2D eigenvalue weighted by Crippen LogP contribution is 2.28. The van der Waals surface area contributed by atoms with Crippen molar-refractivity contribution in [3.63, 3.8) is 0 Å². The standard InChI is InChI=1S/C19H23N3S/c1-3-14(2)15-6-8-16(9-7-15)19(18-5-4-12-23-18)20-13-17-10-11-21-22-17/h4-12,14,19-20H,3,13H2,1-2H3,(H,21,22). The quantitative estimate of drug-likeness (QED) is 0.651. The van der Waals surface area contributed by atoms with Crippen molar-refractivity contribution < 1.29 is 0 Å². The maximum Gasteiger partial charge on any atom is 0.0674 e. The van der Waals surface area contributed by atoms with Crippen LogP contribution < -0.4 is 5.32 Å². The Kier molecular flexibility index (Phi) is 5.26. The summed E-state index contributed by atoms with van der Waals surface area (Å²) in [4.78, 5) is 1.33. The number of H-pyrrole nitrogens is 1. The molecule has 0 aliphatic heterocycles. The third-order valence-corrected chi connectivity index (χ3v) is 5.27. The van der Waals surface area contributed by atoms with E-state index >= 15 is 0 Å². The number of benzene rings is 1. The van der Waals surface area contributed by atoms with E-state index in [1.807, 2.05) is 6.07 Å². The Morgan fingerprint density at radius 3 is 2.52 bits per heavy atom. The normalized spacial score (nSPS) is 13.8. The van der Waals surface area contributed by atoms with Crippen molar-refractivity contribution in [3.8, 4) is 0 Å². The molecule has 2 heterocycles. The molecule has 0 saturated heterocycles. The molecule has 0 bridgehead atoms. The maximum atomic E-state index is 4.01. The molecule has 3 nitrogen and oxygen atoms in total. The van der Waals surface area contributed by atoms with Gasteiger partial charge in [-0.3, -0.25) is 10.4 Å². The molecule has 0 aliphatic rings. The van der Waals surface area contributed by atoms with Crippen molar-refractivity contribution in [2.24, 2.45) is 0 Å². The molecule has 0 radical (unpaired) electrons. The summed E-state index contributed by atoms with van der Waals surface area (Å²) in [6.07, 6.45) is 2.96. The Bertz CT molecular complexity index is 687. The third kappa shape index (κ3) is 3.89. The van der Waals surface area contributed by atoms with Gasteiger partial charge in [0.2, 0.25) is 0 Å². The van der Waals surface area contributed by atoms with Crippen molar-refractivity contribution in [2.75, 3.05) is 0 Å². The van der Waals surface area contributed by atoms with E-state index in [2.05, 4.69) is 71.1 Å². The number of thiophene rings is 1. The Labute approximate surface area is 141 Å². The fourth-order valence-electron chi connectivity index (χ4n) is 2.69. The van der Waals surface area contributed by atoms with Crippen LogP contribution in [0.5, 0.6) is 0 Å². The summed E-state index contributed by atoms with van der Waals surface area (Å²) in [6, 6.07) is 15.6. The van der Waals surface area contributed by atoms with Crippen molar-refractivity contribution in [3.05, 3.63) is 75.7 Å². The zero-order chi connectivity index (χ0) is 16.1. The Morgan fingerprint density at radius 1 is 1.13 bits per heavy atom. The second kappa shape index (κ2) is 7.57. The Morgan fingerprint density at radius 2 is 1.91 bits per heavy atom. The maximum absolute atomic E-state index is 4.01. The largest absolute Gasteiger partial charge is 0.300 e. The summed E-state index contributed by atoms with van der Waals surface area (Å²) in [7, 11) is 0. The SMILES string of the molecule is CCC(C)c1ccc(C(NCc2ccn[nH]2)c2cccs2)cc1. The molecule has 2 N–H and O–H groups in total. The fraction of sp³-hybridized carbons (Fsp3) is 0.316. The highest BCUT2D eigenvalue weighted by atomic mass is 32.1. The van der Waals surface area contributed by atoms with Crippen LogP contribution >= 0.6 is 11.3 Å². The van der Waals surface area contributed by atoms with Crippen LogP contribution in [0.15, 0.2) is 54.0 Å². The molecular weight excluding hydrogens is 302 g/mol. The predicted octanol–water partition coefficient (Wildman–Crippen LogP) is 4.86. The second-order valence-corrected chi connectivity index (χ2v) is 6.87. The van der Waals surface area contributed by atoms with Crippen molar-refractivity contribution in [2.45, 2.75) is 38.8 Å². The Hall–Kier alpha value is -1.91. The summed E-state index contributed by atoms with van der Waals surface area (Å²) in [6.45, 7) is 5.29. The van der Waals surface area contributed by atoms with E-state index in [0.29, 0.717) is 5.92 Å². The molecule has 23 heavy (non-hydrogen) atoms. The second-order valence-electron chi connectivity index (χ2n) is 5.89. The van der Waals surface area contributed by atoms with Crippen LogP contribution in [0.25, 0.3) is 0 Å². The predicted molar refractivity (Wildman–Crippen MR) is 96.7 cm³/mol. The van der Waals surface area contributed by atoms with E-state index < -0.39 is 0 Å². The molecule has 0 aliphatic carbocycles. The molecule has 0 saturated carbocycles. The minimum Gasteiger partial charge on any atom is -0.300 e. The lowest BCUT2D eigenvalue weighted by molar-refractivity contribution is 0.603. The Balaban J connectivity index is 1.80. The van der Waals surface area contributed by atoms with Crippen LogP contribution in [-0.2, 0) is 6.54 Å². The number of nitrogens with zero attached hydrogens (tertiary/aromatic N) is 1. The molecule has 0 amide bonds. The van der Waals surface area contributed by atoms with Crippen LogP contribution in [-0.4, -0.2) is 10.2 Å². The van der Waals surface area contributed by atoms with Gasteiger partial charge in [0.15, 0.2) is 0 Å². The summed E-state index contributed by atoms with van der Waals surface area (Å²) >= 11 is 1.79. The summed E-state index contributed by atoms with van der Waals surface area (Å²) in [5.41, 5.74) is 3.82. The minimum atomic E-state index is 0.212. The lowest BCUT2D eigenvalue weighted by atomic mass is 9.95. The minimum absolute atomic E-state index is 0.212. The zero-order valence-corrected chi connectivity index (χ0v) is 14.4. The van der Waals surface area contributed by atoms with E-state index in [1.54, 1.807) is 17.5 Å². The molecule has 3 rings (SSSR count). The van der Waals surface area contributed by atoms with Crippen molar-refractivity contribution in [1.82, 2.24) is 15.5 Å². The number of hydrogen-bond acceptors (Lipinski definition) is 3. The first kappa shape index (κ1) is 16.0. The lowest BCUT2D eigenvalue weighted by Gasteiger charge is -2.19. The monoisotopic (exact) mass is 325 g/mol. The van der Waals surface area contributed by atoms with Crippen LogP contribution in [0.1, 0.15) is 53.9 Å². The van der Waals surface area contributed by atoms with E-state index in [0.717, 1.165) is 12.2 Å². The van der Waals surface area contributed by atoms with Gasteiger partial charge in [-0.15, -0.1) is 11.3 Å². The molecule has 2 unspecified atom stereocenters. The number of aromatic amines is 1. The topological polar surface area (TPSA) is 40.7 Å². The highest BCUT2D eigenvalue weighted by molar-refractivity contribution is 7.10. The molecule has 120 valence electrons. The number of hydrogen-bond donors (Lipinski definition) is 2. The third-order valence-electron chi connectivity index (χ3n) is 4.33.